The zero-order chi connectivity index (χ0) is 20.7. The smallest absolute Gasteiger partial charge is 0.387 e. The molecule has 0 atom stereocenters. The molecule has 0 spiro atoms. The first-order valence-electron chi connectivity index (χ1n) is 9.57. The van der Waals surface area contributed by atoms with Crippen LogP contribution in [0.25, 0.3) is 0 Å². The number of fused-ring (bicyclic) bond motifs is 1. The molecular weight excluding hydrogens is 515 g/mol. The number of ether oxygens (including phenoxy) is 5. The van der Waals surface area contributed by atoms with Gasteiger partial charge in [-0.2, -0.15) is 8.78 Å². The highest BCUT2D eigenvalue weighted by atomic mass is 127. The quantitative estimate of drug-likeness (QED) is 0.297. The number of nitrogens with one attached hydrogen (secondary N) is 2. The summed E-state index contributed by atoms with van der Waals surface area (Å²) in [6, 6.07) is 3.02. The summed E-state index contributed by atoms with van der Waals surface area (Å²) < 4.78 is 52.0. The van der Waals surface area contributed by atoms with Gasteiger partial charge in [-0.3, -0.25) is 0 Å². The Kier molecular flexibility index (Phi) is 9.62. The van der Waals surface area contributed by atoms with Crippen LogP contribution in [0.3, 0.4) is 0 Å². The van der Waals surface area contributed by atoms with Gasteiger partial charge in [0.1, 0.15) is 5.75 Å². The number of benzene rings is 1. The van der Waals surface area contributed by atoms with E-state index in [0.29, 0.717) is 49.3 Å². The van der Waals surface area contributed by atoms with E-state index in [1.54, 1.807) is 13.2 Å². The molecule has 0 unspecified atom stereocenters. The molecule has 1 aromatic carbocycles. The Morgan fingerprint density at radius 1 is 1.20 bits per heavy atom. The largest absolute Gasteiger partial charge is 0.454 e. The third-order valence-electron chi connectivity index (χ3n) is 4.94. The normalized spacial score (nSPS) is 17.4. The Labute approximate surface area is 191 Å². The highest BCUT2D eigenvalue weighted by Gasteiger charge is 2.32. The van der Waals surface area contributed by atoms with Crippen molar-refractivity contribution in [2.45, 2.75) is 38.5 Å². The third-order valence-corrected chi connectivity index (χ3v) is 4.94. The fourth-order valence-electron chi connectivity index (χ4n) is 3.24. The Morgan fingerprint density at radius 2 is 1.90 bits per heavy atom. The van der Waals surface area contributed by atoms with E-state index in [9.17, 15) is 8.78 Å². The molecular formula is C19H28F2IN3O5. The molecule has 0 bridgehead atoms. The summed E-state index contributed by atoms with van der Waals surface area (Å²) in [5, 5.41) is 6.43. The van der Waals surface area contributed by atoms with Gasteiger partial charge in [0, 0.05) is 57.9 Å². The number of nitrogens with zero attached hydrogens (tertiary/aromatic N) is 1. The number of aliphatic imine (C=N–C) groups is 1. The molecule has 1 aromatic rings. The highest BCUT2D eigenvalue weighted by molar-refractivity contribution is 14.0. The molecule has 2 aliphatic rings. The zero-order valence-electron chi connectivity index (χ0n) is 17.0. The van der Waals surface area contributed by atoms with Crippen LogP contribution in [-0.4, -0.2) is 58.4 Å². The summed E-state index contributed by atoms with van der Waals surface area (Å²) in [4.78, 5) is 4.51. The fourth-order valence-corrected chi connectivity index (χ4v) is 3.24. The lowest BCUT2D eigenvalue weighted by molar-refractivity contribution is -0.0855. The van der Waals surface area contributed by atoms with Crippen molar-refractivity contribution >= 4 is 29.9 Å². The van der Waals surface area contributed by atoms with Crippen molar-refractivity contribution < 1.29 is 32.5 Å². The molecule has 0 aromatic heterocycles. The van der Waals surface area contributed by atoms with Crippen LogP contribution in [0.2, 0.25) is 0 Å². The lowest BCUT2D eigenvalue weighted by atomic mass is 9.94. The molecule has 3 rings (SSSR count). The molecule has 0 saturated carbocycles. The molecule has 8 nitrogen and oxygen atoms in total. The van der Waals surface area contributed by atoms with E-state index in [1.807, 2.05) is 6.92 Å². The van der Waals surface area contributed by atoms with Gasteiger partial charge in [-0.1, -0.05) is 0 Å². The third kappa shape index (κ3) is 6.45. The predicted octanol–water partition coefficient (Wildman–Crippen LogP) is 2.89. The van der Waals surface area contributed by atoms with E-state index >= 15 is 0 Å². The van der Waals surface area contributed by atoms with E-state index in [-0.39, 0.29) is 48.7 Å². The molecule has 0 radical (unpaired) electrons. The summed E-state index contributed by atoms with van der Waals surface area (Å²) in [7, 11) is 1.69. The molecule has 30 heavy (non-hydrogen) atoms. The van der Waals surface area contributed by atoms with Crippen LogP contribution in [-0.2, 0) is 16.0 Å². The van der Waals surface area contributed by atoms with Crippen molar-refractivity contribution in [3.05, 3.63) is 17.7 Å². The van der Waals surface area contributed by atoms with E-state index in [4.69, 9.17) is 18.9 Å². The lowest BCUT2D eigenvalue weighted by Gasteiger charge is -2.36. The molecule has 2 N–H and O–H groups in total. The average Bonchev–Trinajstić information content (AvgIpc) is 3.17. The summed E-state index contributed by atoms with van der Waals surface area (Å²) in [5.41, 5.74) is 0.149. The van der Waals surface area contributed by atoms with Gasteiger partial charge in [0.25, 0.3) is 0 Å². The Bertz CT molecular complexity index is 718. The second-order valence-electron chi connectivity index (χ2n) is 6.74. The van der Waals surface area contributed by atoms with Gasteiger partial charge >= 0.3 is 6.61 Å². The van der Waals surface area contributed by atoms with Crippen LogP contribution in [0, 0.1) is 0 Å². The fraction of sp³-hybridized carbons (Fsp3) is 0.632. The highest BCUT2D eigenvalue weighted by Crippen LogP contribution is 2.39. The first-order valence-corrected chi connectivity index (χ1v) is 9.57. The van der Waals surface area contributed by atoms with E-state index in [1.165, 1.54) is 6.07 Å². The minimum Gasteiger partial charge on any atom is -0.454 e. The average molecular weight is 543 g/mol. The van der Waals surface area contributed by atoms with Gasteiger partial charge in [-0.05, 0) is 13.0 Å². The number of hydrogen-bond acceptors (Lipinski definition) is 6. The monoisotopic (exact) mass is 543 g/mol. The lowest BCUT2D eigenvalue weighted by Crippen LogP contribution is -2.50. The maximum Gasteiger partial charge on any atom is 0.387 e. The second kappa shape index (κ2) is 11.7. The molecule has 2 heterocycles. The number of methoxy groups -OCH3 is 1. The Balaban J connectivity index is 0.00000320. The summed E-state index contributed by atoms with van der Waals surface area (Å²) in [6.45, 7) is 1.67. The molecule has 11 heteroatoms. The Hall–Kier alpha value is -1.60. The van der Waals surface area contributed by atoms with Crippen LogP contribution in [0.1, 0.15) is 25.3 Å². The van der Waals surface area contributed by atoms with E-state index < -0.39 is 6.61 Å². The van der Waals surface area contributed by atoms with Crippen molar-refractivity contribution in [2.24, 2.45) is 4.99 Å². The van der Waals surface area contributed by atoms with Gasteiger partial charge in [0.05, 0.1) is 12.1 Å². The first-order chi connectivity index (χ1) is 14.0. The molecule has 1 fully saturated rings. The van der Waals surface area contributed by atoms with Gasteiger partial charge in [-0.25, -0.2) is 4.99 Å². The van der Waals surface area contributed by atoms with Crippen LogP contribution >= 0.6 is 24.0 Å². The molecule has 0 aliphatic carbocycles. The van der Waals surface area contributed by atoms with Crippen molar-refractivity contribution in [3.8, 4) is 17.2 Å². The van der Waals surface area contributed by atoms with Gasteiger partial charge < -0.3 is 34.3 Å². The topological polar surface area (TPSA) is 82.6 Å². The van der Waals surface area contributed by atoms with Gasteiger partial charge in [0.2, 0.25) is 6.79 Å². The number of guanidine groups is 1. The SMILES string of the molecule is CCNC(=NCc1cc2c(cc1OC(F)F)OCO2)NCC1(OC)CCOCC1.I. The number of alkyl halides is 2. The minimum atomic E-state index is -2.94. The summed E-state index contributed by atoms with van der Waals surface area (Å²) in [5.74, 6) is 1.42. The van der Waals surface area contributed by atoms with Crippen LogP contribution in [0.5, 0.6) is 17.2 Å². The zero-order valence-corrected chi connectivity index (χ0v) is 19.4. The standard InChI is InChI=1S/C19H27F2N3O5.HI/c1-3-22-18(24-11-19(25-2)4-6-26-7-5-19)23-10-13-8-15-16(28-12-27-15)9-14(13)29-17(20)21;/h8-9,17H,3-7,10-12H2,1-2H3,(H2,22,23,24);1H. The second-order valence-corrected chi connectivity index (χ2v) is 6.74. The predicted molar refractivity (Wildman–Crippen MR) is 117 cm³/mol. The van der Waals surface area contributed by atoms with Crippen molar-refractivity contribution in [2.75, 3.05) is 40.2 Å². The van der Waals surface area contributed by atoms with Crippen LogP contribution < -0.4 is 24.8 Å². The maximum absolute atomic E-state index is 12.8. The molecule has 0 amide bonds. The summed E-state index contributed by atoms with van der Waals surface area (Å²) >= 11 is 0. The molecule has 170 valence electrons. The van der Waals surface area contributed by atoms with E-state index in [0.717, 1.165) is 12.8 Å². The van der Waals surface area contributed by atoms with Crippen molar-refractivity contribution in [3.63, 3.8) is 0 Å². The first kappa shape index (κ1) is 24.7. The minimum absolute atomic E-state index is 0. The molecule has 2 aliphatic heterocycles. The van der Waals surface area contributed by atoms with Crippen molar-refractivity contribution in [1.29, 1.82) is 0 Å². The van der Waals surface area contributed by atoms with E-state index in [2.05, 4.69) is 20.4 Å². The molecule has 1 saturated heterocycles. The number of rotatable bonds is 8. The Morgan fingerprint density at radius 3 is 2.53 bits per heavy atom. The van der Waals surface area contributed by atoms with Crippen LogP contribution in [0.4, 0.5) is 8.78 Å². The van der Waals surface area contributed by atoms with Gasteiger partial charge in [-0.15, -0.1) is 24.0 Å². The number of hydrogen-bond donors (Lipinski definition) is 2. The number of halogens is 3. The van der Waals surface area contributed by atoms with Gasteiger partial charge in [0.15, 0.2) is 17.5 Å². The maximum atomic E-state index is 12.8. The van der Waals surface area contributed by atoms with Crippen molar-refractivity contribution in [1.82, 2.24) is 10.6 Å². The summed E-state index contributed by atoms with van der Waals surface area (Å²) in [6.07, 6.45) is 1.56. The van der Waals surface area contributed by atoms with Crippen LogP contribution in [0.15, 0.2) is 17.1 Å².